The number of nitrogens with one attached hydrogen (secondary N) is 1. The molecule has 3 aromatic carbocycles. The Morgan fingerprint density at radius 3 is 2.55 bits per heavy atom. The summed E-state index contributed by atoms with van der Waals surface area (Å²) in [5, 5.41) is 16.4. The largest absolute Gasteiger partial charge is 0.497 e. The third-order valence-corrected chi connectivity index (χ3v) is 8.35. The third-order valence-electron chi connectivity index (χ3n) is 6.06. The second-order valence-electron chi connectivity index (χ2n) is 8.75. The van der Waals surface area contributed by atoms with E-state index in [4.69, 9.17) is 32.7 Å². The molecule has 0 aliphatic carbocycles. The summed E-state index contributed by atoms with van der Waals surface area (Å²) in [5.41, 5.74) is 3.05. The zero-order chi connectivity index (χ0) is 30.6. The number of methoxy groups -OCH3 is 2. The maximum Gasteiger partial charge on any atom is 0.273 e. The number of nitrogens with zero attached hydrogens (tertiary/aromatic N) is 4. The zero-order valence-electron chi connectivity index (χ0n) is 22.4. The van der Waals surface area contributed by atoms with Crippen LogP contribution in [0, 0.1) is 17.0 Å². The van der Waals surface area contributed by atoms with Crippen LogP contribution >= 0.6 is 23.2 Å². The second kappa shape index (κ2) is 12.6. The number of nitro benzene ring substituents is 1. The highest BCUT2D eigenvalue weighted by atomic mass is 35.5. The lowest BCUT2D eigenvalue weighted by Crippen LogP contribution is -2.39. The number of ether oxygens (including phenoxy) is 2. The summed E-state index contributed by atoms with van der Waals surface area (Å²) >= 11 is 12.4. The number of fused-ring (bicyclic) bond motifs is 1. The summed E-state index contributed by atoms with van der Waals surface area (Å²) < 4.78 is 38.8. The number of pyridine rings is 1. The molecule has 0 spiro atoms. The van der Waals surface area contributed by atoms with Gasteiger partial charge in [-0.05, 0) is 49.4 Å². The van der Waals surface area contributed by atoms with E-state index in [0.29, 0.717) is 16.8 Å². The van der Waals surface area contributed by atoms with Crippen LogP contribution in [0.4, 0.5) is 11.4 Å². The van der Waals surface area contributed by atoms with E-state index in [0.717, 1.165) is 15.8 Å². The van der Waals surface area contributed by atoms with Gasteiger partial charge in [0.05, 0.1) is 41.5 Å². The number of hydrogen-bond acceptors (Lipinski definition) is 9. The Labute approximate surface area is 250 Å². The molecule has 42 heavy (non-hydrogen) atoms. The lowest BCUT2D eigenvalue weighted by molar-refractivity contribution is -0.385. The first-order chi connectivity index (χ1) is 19.9. The van der Waals surface area contributed by atoms with Crippen LogP contribution < -0.4 is 19.2 Å². The number of carbonyl (C=O) groups is 1. The topological polar surface area (TPSA) is 153 Å². The molecular formula is C27H23Cl2N5O7S. The van der Waals surface area contributed by atoms with Gasteiger partial charge in [-0.25, -0.2) is 18.8 Å². The van der Waals surface area contributed by atoms with Gasteiger partial charge >= 0.3 is 0 Å². The molecule has 218 valence electrons. The summed E-state index contributed by atoms with van der Waals surface area (Å²) in [7, 11) is -1.70. The predicted molar refractivity (Wildman–Crippen MR) is 159 cm³/mol. The number of hydrazone groups is 1. The molecule has 0 atom stereocenters. The molecule has 1 heterocycles. The van der Waals surface area contributed by atoms with Gasteiger partial charge < -0.3 is 9.47 Å². The van der Waals surface area contributed by atoms with E-state index in [2.05, 4.69) is 15.5 Å². The fraction of sp³-hybridized carbons (Fsp3) is 0.148. The monoisotopic (exact) mass is 631 g/mol. The molecule has 4 aromatic rings. The summed E-state index contributed by atoms with van der Waals surface area (Å²) in [6.07, 6.45) is 1.26. The molecule has 0 saturated heterocycles. The number of nitro groups is 1. The van der Waals surface area contributed by atoms with Gasteiger partial charge in [0.2, 0.25) is 0 Å². The van der Waals surface area contributed by atoms with E-state index in [1.807, 2.05) is 0 Å². The molecule has 1 amide bonds. The molecule has 0 fully saturated rings. The summed E-state index contributed by atoms with van der Waals surface area (Å²) in [4.78, 5) is 27.7. The third kappa shape index (κ3) is 6.54. The van der Waals surface area contributed by atoms with Crippen molar-refractivity contribution >= 4 is 67.6 Å². The molecule has 0 unspecified atom stereocenters. The van der Waals surface area contributed by atoms with Gasteiger partial charge in [-0.1, -0.05) is 29.3 Å². The molecule has 12 nitrogen and oxygen atoms in total. The number of hydrogen-bond donors (Lipinski definition) is 1. The number of rotatable bonds is 10. The van der Waals surface area contributed by atoms with Crippen LogP contribution in [-0.2, 0) is 14.8 Å². The zero-order valence-corrected chi connectivity index (χ0v) is 24.7. The van der Waals surface area contributed by atoms with E-state index in [1.165, 1.54) is 57.7 Å². The quantitative estimate of drug-likeness (QED) is 0.109. The highest BCUT2D eigenvalue weighted by Crippen LogP contribution is 2.35. The van der Waals surface area contributed by atoms with E-state index < -0.39 is 38.0 Å². The number of benzene rings is 3. The van der Waals surface area contributed by atoms with Crippen molar-refractivity contribution in [2.45, 2.75) is 11.8 Å². The van der Waals surface area contributed by atoms with Crippen LogP contribution in [0.15, 0.2) is 70.7 Å². The van der Waals surface area contributed by atoms with Gasteiger partial charge in [-0.2, -0.15) is 5.10 Å². The van der Waals surface area contributed by atoms with Crippen molar-refractivity contribution in [3.63, 3.8) is 0 Å². The Balaban J connectivity index is 1.66. The minimum atomic E-state index is -4.55. The van der Waals surface area contributed by atoms with Crippen LogP contribution in [0.25, 0.3) is 10.9 Å². The molecule has 1 N–H and O–H groups in total. The number of halogens is 2. The average Bonchev–Trinajstić information content (AvgIpc) is 2.95. The first-order valence-corrected chi connectivity index (χ1v) is 14.2. The van der Waals surface area contributed by atoms with Crippen molar-refractivity contribution in [1.82, 2.24) is 10.4 Å². The lowest BCUT2D eigenvalue weighted by atomic mass is 10.1. The van der Waals surface area contributed by atoms with Crippen molar-refractivity contribution in [2.24, 2.45) is 5.10 Å². The molecular weight excluding hydrogens is 609 g/mol. The Kier molecular flexibility index (Phi) is 9.14. The molecule has 0 radical (unpaired) electrons. The first-order valence-electron chi connectivity index (χ1n) is 12.0. The lowest BCUT2D eigenvalue weighted by Gasteiger charge is -2.25. The van der Waals surface area contributed by atoms with Crippen molar-refractivity contribution < 1.29 is 27.6 Å². The van der Waals surface area contributed by atoms with Gasteiger partial charge in [-0.15, -0.1) is 0 Å². The first kappa shape index (κ1) is 30.5. The standard InChI is InChI=1S/C27H23Cl2N5O7S/c1-16-4-8-21(13-23(16)34(36)37)42(38,39)33(24-11-19(28)6-9-25(24)41-3)15-26(35)32-30-14-18-10-17-5-7-20(40-2)12-22(17)31-27(18)29/h4-14H,15H2,1-3H3,(H,32,35)/b30-14-. The number of carbonyl (C=O) groups excluding carboxylic acids is 1. The highest BCUT2D eigenvalue weighted by Gasteiger charge is 2.31. The van der Waals surface area contributed by atoms with Gasteiger partial charge in [0.1, 0.15) is 23.2 Å². The Morgan fingerprint density at radius 2 is 1.86 bits per heavy atom. The Hall–Kier alpha value is -4.46. The summed E-state index contributed by atoms with van der Waals surface area (Å²) in [6, 6.07) is 14.6. The SMILES string of the molecule is COc1ccc2cc(/C=N\NC(=O)CN(c3cc(Cl)ccc3OC)S(=O)(=O)c3ccc(C)c([N+](=O)[O-])c3)c(Cl)nc2c1. The molecule has 0 saturated carbocycles. The van der Waals surface area contributed by atoms with Crippen molar-refractivity contribution in [3.05, 3.63) is 92.1 Å². The molecule has 0 aliphatic heterocycles. The summed E-state index contributed by atoms with van der Waals surface area (Å²) in [5.74, 6) is -0.143. The fourth-order valence-corrected chi connectivity index (χ4v) is 5.73. The summed E-state index contributed by atoms with van der Waals surface area (Å²) in [6.45, 7) is 0.702. The fourth-order valence-electron chi connectivity index (χ4n) is 3.93. The predicted octanol–water partition coefficient (Wildman–Crippen LogP) is 5.12. The average molecular weight is 632 g/mol. The van der Waals surface area contributed by atoms with Crippen LogP contribution in [-0.4, -0.2) is 51.2 Å². The van der Waals surface area contributed by atoms with Crippen molar-refractivity contribution in [3.8, 4) is 11.5 Å². The van der Waals surface area contributed by atoms with Crippen molar-refractivity contribution in [2.75, 3.05) is 25.1 Å². The van der Waals surface area contributed by atoms with Gasteiger partial charge in [-0.3, -0.25) is 19.2 Å². The van der Waals surface area contributed by atoms with E-state index in [1.54, 1.807) is 24.3 Å². The van der Waals surface area contributed by atoms with Crippen molar-refractivity contribution in [1.29, 1.82) is 0 Å². The van der Waals surface area contributed by atoms with E-state index in [-0.39, 0.29) is 27.2 Å². The second-order valence-corrected chi connectivity index (χ2v) is 11.4. The van der Waals surface area contributed by atoms with Crippen LogP contribution in [0.1, 0.15) is 11.1 Å². The molecule has 1 aromatic heterocycles. The maximum absolute atomic E-state index is 13.8. The van der Waals surface area contributed by atoms with E-state index in [9.17, 15) is 23.3 Å². The van der Waals surface area contributed by atoms with Crippen LogP contribution in [0.5, 0.6) is 11.5 Å². The number of sulfonamides is 1. The normalized spacial score (nSPS) is 11.5. The molecule has 0 aliphatic rings. The minimum absolute atomic E-state index is 0.0652. The Morgan fingerprint density at radius 1 is 1.10 bits per heavy atom. The Bertz CT molecular complexity index is 1830. The van der Waals surface area contributed by atoms with Gasteiger partial charge in [0, 0.05) is 33.7 Å². The van der Waals surface area contributed by atoms with E-state index >= 15 is 0 Å². The van der Waals surface area contributed by atoms with Crippen LogP contribution in [0.2, 0.25) is 10.2 Å². The molecule has 0 bridgehead atoms. The van der Waals surface area contributed by atoms with Gasteiger partial charge in [0.25, 0.3) is 21.6 Å². The maximum atomic E-state index is 13.8. The minimum Gasteiger partial charge on any atom is -0.497 e. The van der Waals surface area contributed by atoms with Gasteiger partial charge in [0.15, 0.2) is 0 Å². The number of aryl methyl sites for hydroxylation is 1. The smallest absolute Gasteiger partial charge is 0.273 e. The van der Waals surface area contributed by atoms with Crippen LogP contribution in [0.3, 0.4) is 0 Å². The number of aromatic nitrogens is 1. The highest BCUT2D eigenvalue weighted by molar-refractivity contribution is 7.92. The number of amides is 1. The molecule has 15 heteroatoms. The number of anilines is 1. The molecule has 4 rings (SSSR count).